The summed E-state index contributed by atoms with van der Waals surface area (Å²) in [6.45, 7) is 6.42. The van der Waals surface area contributed by atoms with Crippen LogP contribution in [0.15, 0.2) is 48.5 Å². The van der Waals surface area contributed by atoms with Crippen molar-refractivity contribution in [1.82, 2.24) is 0 Å². The Labute approximate surface area is 187 Å². The number of amides is 2. The maximum absolute atomic E-state index is 12.2. The molecule has 0 bridgehead atoms. The van der Waals surface area contributed by atoms with Gasteiger partial charge >= 0.3 is 5.97 Å². The molecule has 8 nitrogen and oxygen atoms in total. The zero-order chi connectivity index (χ0) is 23.5. The highest BCUT2D eigenvalue weighted by atomic mass is 16.5. The Morgan fingerprint density at radius 3 is 2.38 bits per heavy atom. The second-order valence-corrected chi connectivity index (χ2v) is 6.83. The van der Waals surface area contributed by atoms with E-state index in [4.69, 9.17) is 19.9 Å². The Bertz CT molecular complexity index is 969. The lowest BCUT2D eigenvalue weighted by molar-refractivity contribution is -0.148. The van der Waals surface area contributed by atoms with Crippen molar-refractivity contribution in [1.29, 1.82) is 0 Å². The molecule has 0 aliphatic carbocycles. The molecule has 0 aromatic heterocycles. The van der Waals surface area contributed by atoms with Crippen molar-refractivity contribution in [3.05, 3.63) is 59.7 Å². The number of nitrogens with one attached hydrogen (secondary N) is 1. The number of primary amides is 1. The van der Waals surface area contributed by atoms with Crippen molar-refractivity contribution < 1.29 is 28.6 Å². The van der Waals surface area contributed by atoms with Crippen molar-refractivity contribution >= 4 is 29.5 Å². The quantitative estimate of drug-likeness (QED) is 0.408. The third-order valence-electron chi connectivity index (χ3n) is 4.24. The Balaban J connectivity index is 1.94. The van der Waals surface area contributed by atoms with Gasteiger partial charge in [0.15, 0.2) is 17.6 Å². The van der Waals surface area contributed by atoms with Crippen LogP contribution in [-0.2, 0) is 14.3 Å². The van der Waals surface area contributed by atoms with Crippen LogP contribution in [0.4, 0.5) is 5.69 Å². The molecule has 2 aromatic rings. The summed E-state index contributed by atoms with van der Waals surface area (Å²) in [4.78, 5) is 35.5. The predicted molar refractivity (Wildman–Crippen MR) is 122 cm³/mol. The molecule has 2 rings (SSSR count). The number of hydrogen-bond acceptors (Lipinski definition) is 6. The zero-order valence-corrected chi connectivity index (χ0v) is 18.4. The molecule has 0 aliphatic rings. The van der Waals surface area contributed by atoms with Crippen LogP contribution < -0.4 is 20.5 Å². The molecule has 8 heteroatoms. The molecule has 0 saturated carbocycles. The number of esters is 1. The summed E-state index contributed by atoms with van der Waals surface area (Å²) in [5.74, 6) is -0.502. The zero-order valence-electron chi connectivity index (χ0n) is 18.4. The van der Waals surface area contributed by atoms with Crippen LogP contribution in [0.5, 0.6) is 11.5 Å². The first-order chi connectivity index (χ1) is 15.3. The van der Waals surface area contributed by atoms with Gasteiger partial charge in [0.25, 0.3) is 5.91 Å². The summed E-state index contributed by atoms with van der Waals surface area (Å²) in [6.07, 6.45) is 2.67. The van der Waals surface area contributed by atoms with Crippen LogP contribution in [0, 0.1) is 0 Å². The highest BCUT2D eigenvalue weighted by Gasteiger charge is 2.17. The van der Waals surface area contributed by atoms with Gasteiger partial charge in [0, 0.05) is 17.3 Å². The number of rotatable bonds is 11. The molecule has 0 fully saturated rings. The summed E-state index contributed by atoms with van der Waals surface area (Å²) in [7, 11) is 0. The summed E-state index contributed by atoms with van der Waals surface area (Å²) in [5, 5.41) is 2.61. The van der Waals surface area contributed by atoms with E-state index in [9.17, 15) is 14.4 Å². The number of carbonyl (C=O) groups excluding carboxylic acids is 3. The molecule has 1 unspecified atom stereocenters. The van der Waals surface area contributed by atoms with Gasteiger partial charge < -0.3 is 25.3 Å². The third kappa shape index (κ3) is 7.46. The van der Waals surface area contributed by atoms with E-state index in [1.54, 1.807) is 24.3 Å². The van der Waals surface area contributed by atoms with Gasteiger partial charge in [0.1, 0.15) is 0 Å². The summed E-state index contributed by atoms with van der Waals surface area (Å²) in [6, 6.07) is 11.4. The maximum Gasteiger partial charge on any atom is 0.331 e. The van der Waals surface area contributed by atoms with E-state index in [2.05, 4.69) is 5.32 Å². The number of hydrogen-bond donors (Lipinski definition) is 2. The average Bonchev–Trinajstić information content (AvgIpc) is 2.77. The molecular formula is C24H28N2O6. The van der Waals surface area contributed by atoms with E-state index in [1.165, 1.54) is 37.3 Å². The molecule has 0 radical (unpaired) electrons. The molecule has 0 aliphatic heterocycles. The first-order valence-electron chi connectivity index (χ1n) is 10.3. The molecule has 2 amide bonds. The Morgan fingerprint density at radius 1 is 1.03 bits per heavy atom. The first-order valence-corrected chi connectivity index (χ1v) is 10.3. The lowest BCUT2D eigenvalue weighted by atomic mass is 10.2. The third-order valence-corrected chi connectivity index (χ3v) is 4.24. The normalized spacial score (nSPS) is 11.6. The fraction of sp³-hybridized carbons (Fsp3) is 0.292. The molecular weight excluding hydrogens is 412 g/mol. The summed E-state index contributed by atoms with van der Waals surface area (Å²) >= 11 is 0. The Hall–Kier alpha value is -3.81. The van der Waals surface area contributed by atoms with Gasteiger partial charge in [-0.05, 0) is 68.3 Å². The molecule has 0 saturated heterocycles. The Morgan fingerprint density at radius 2 is 1.75 bits per heavy atom. The van der Waals surface area contributed by atoms with Crippen LogP contribution in [0.3, 0.4) is 0 Å². The van der Waals surface area contributed by atoms with Gasteiger partial charge in [-0.3, -0.25) is 9.59 Å². The topological polar surface area (TPSA) is 117 Å². The lowest BCUT2D eigenvalue weighted by Crippen LogP contribution is -2.29. The van der Waals surface area contributed by atoms with Crippen LogP contribution >= 0.6 is 0 Å². The summed E-state index contributed by atoms with van der Waals surface area (Å²) in [5.41, 5.74) is 6.68. The van der Waals surface area contributed by atoms with E-state index < -0.39 is 23.9 Å². The minimum atomic E-state index is -1.02. The number of carbonyl (C=O) groups is 3. The van der Waals surface area contributed by atoms with Crippen molar-refractivity contribution in [2.45, 2.75) is 33.3 Å². The highest BCUT2D eigenvalue weighted by molar-refractivity contribution is 5.97. The van der Waals surface area contributed by atoms with Crippen molar-refractivity contribution in [3.63, 3.8) is 0 Å². The monoisotopic (exact) mass is 440 g/mol. The largest absolute Gasteiger partial charge is 0.490 e. The average molecular weight is 440 g/mol. The Kier molecular flexibility index (Phi) is 9.28. The number of nitrogens with two attached hydrogens (primary N) is 1. The lowest BCUT2D eigenvalue weighted by Gasteiger charge is -2.13. The molecule has 2 aromatic carbocycles. The van der Waals surface area contributed by atoms with E-state index in [0.29, 0.717) is 36.0 Å². The standard InChI is InChI=1S/C24H28N2O6/c1-4-14-31-20-12-6-17(15-21(20)30-5-2)7-13-22(27)32-16(3)24(29)26-19-10-8-18(9-11-19)23(25)28/h6-13,15-16H,4-5,14H2,1-3H3,(H2,25,28)(H,26,29)/b13-7+. The first kappa shape index (κ1) is 24.5. The highest BCUT2D eigenvalue weighted by Crippen LogP contribution is 2.29. The van der Waals surface area contributed by atoms with Crippen molar-refractivity contribution in [3.8, 4) is 11.5 Å². The van der Waals surface area contributed by atoms with Crippen LogP contribution in [0.25, 0.3) is 6.08 Å². The second-order valence-electron chi connectivity index (χ2n) is 6.83. The van der Waals surface area contributed by atoms with Crippen LogP contribution in [0.1, 0.15) is 43.1 Å². The van der Waals surface area contributed by atoms with Gasteiger partial charge in [-0.15, -0.1) is 0 Å². The minimum absolute atomic E-state index is 0.324. The SMILES string of the molecule is CCCOc1ccc(/C=C/C(=O)OC(C)C(=O)Nc2ccc(C(N)=O)cc2)cc1OCC. The number of ether oxygens (including phenoxy) is 3. The van der Waals surface area contributed by atoms with Gasteiger partial charge in [-0.2, -0.15) is 0 Å². The van der Waals surface area contributed by atoms with Gasteiger partial charge in [0.2, 0.25) is 5.91 Å². The number of anilines is 1. The smallest absolute Gasteiger partial charge is 0.331 e. The van der Waals surface area contributed by atoms with Gasteiger partial charge in [0.05, 0.1) is 13.2 Å². The molecule has 32 heavy (non-hydrogen) atoms. The molecule has 0 spiro atoms. The van der Waals surface area contributed by atoms with Crippen molar-refractivity contribution in [2.75, 3.05) is 18.5 Å². The van der Waals surface area contributed by atoms with Crippen molar-refractivity contribution in [2.24, 2.45) is 5.73 Å². The van der Waals surface area contributed by atoms with E-state index in [1.807, 2.05) is 13.8 Å². The maximum atomic E-state index is 12.2. The van der Waals surface area contributed by atoms with E-state index >= 15 is 0 Å². The fourth-order valence-corrected chi connectivity index (χ4v) is 2.62. The van der Waals surface area contributed by atoms with Crippen LogP contribution in [0.2, 0.25) is 0 Å². The van der Waals surface area contributed by atoms with E-state index in [0.717, 1.165) is 12.0 Å². The fourth-order valence-electron chi connectivity index (χ4n) is 2.62. The second kappa shape index (κ2) is 12.1. The molecule has 170 valence electrons. The van der Waals surface area contributed by atoms with Gasteiger partial charge in [-0.1, -0.05) is 13.0 Å². The molecule has 3 N–H and O–H groups in total. The summed E-state index contributed by atoms with van der Waals surface area (Å²) < 4.78 is 16.4. The molecule has 0 heterocycles. The van der Waals surface area contributed by atoms with Gasteiger partial charge in [-0.25, -0.2) is 4.79 Å². The predicted octanol–water partition coefficient (Wildman–Crippen LogP) is 3.56. The number of benzene rings is 2. The minimum Gasteiger partial charge on any atom is -0.490 e. The molecule has 1 atom stereocenters. The van der Waals surface area contributed by atoms with E-state index in [-0.39, 0.29) is 0 Å². The van der Waals surface area contributed by atoms with Crippen LogP contribution in [-0.4, -0.2) is 37.1 Å².